The summed E-state index contributed by atoms with van der Waals surface area (Å²) in [5.41, 5.74) is 1.47. The molecule has 3 aromatic heterocycles. The first-order valence-electron chi connectivity index (χ1n) is 8.49. The number of hydrogen-bond donors (Lipinski definition) is 0. The first-order valence-corrected chi connectivity index (χ1v) is 9.31. The SMILES string of the molecule is COc1cc(-c2nc(-n3nccn3)c3c(C)c(C#N)sc3n2)cc(OC)c1OC. The number of aromatic nitrogens is 5. The summed E-state index contributed by atoms with van der Waals surface area (Å²) >= 11 is 1.30. The zero-order valence-corrected chi connectivity index (χ0v) is 16.9. The van der Waals surface area contributed by atoms with Crippen LogP contribution in [0.5, 0.6) is 17.2 Å². The lowest BCUT2D eigenvalue weighted by atomic mass is 10.1. The fourth-order valence-corrected chi connectivity index (χ4v) is 4.01. The van der Waals surface area contributed by atoms with Crippen LogP contribution in [0.1, 0.15) is 10.4 Å². The zero-order valence-electron chi connectivity index (χ0n) is 16.1. The highest BCUT2D eigenvalue weighted by Gasteiger charge is 2.21. The van der Waals surface area contributed by atoms with E-state index < -0.39 is 0 Å². The number of ether oxygens (including phenoxy) is 3. The van der Waals surface area contributed by atoms with Crippen molar-refractivity contribution in [2.45, 2.75) is 6.92 Å². The first-order chi connectivity index (χ1) is 14.1. The third-order valence-electron chi connectivity index (χ3n) is 4.40. The van der Waals surface area contributed by atoms with Gasteiger partial charge < -0.3 is 14.2 Å². The highest BCUT2D eigenvalue weighted by atomic mass is 32.1. The fourth-order valence-electron chi connectivity index (χ4n) is 3.03. The predicted molar refractivity (Wildman–Crippen MR) is 107 cm³/mol. The van der Waals surface area contributed by atoms with Crippen LogP contribution in [0.2, 0.25) is 0 Å². The maximum Gasteiger partial charge on any atom is 0.203 e. The number of hydrogen-bond acceptors (Lipinski definition) is 9. The number of fused-ring (bicyclic) bond motifs is 1. The predicted octanol–water partition coefficient (Wildman–Crippen LogP) is 3.14. The monoisotopic (exact) mass is 408 g/mol. The van der Waals surface area contributed by atoms with Crippen molar-refractivity contribution in [1.29, 1.82) is 5.26 Å². The summed E-state index contributed by atoms with van der Waals surface area (Å²) in [6.45, 7) is 1.87. The third kappa shape index (κ3) is 3.01. The van der Waals surface area contributed by atoms with Crippen molar-refractivity contribution in [2.75, 3.05) is 21.3 Å². The van der Waals surface area contributed by atoms with Crippen molar-refractivity contribution < 1.29 is 14.2 Å². The molecule has 0 atom stereocenters. The molecule has 0 spiro atoms. The van der Waals surface area contributed by atoms with Gasteiger partial charge in [-0.1, -0.05) is 0 Å². The second-order valence-corrected chi connectivity index (χ2v) is 6.95. The number of benzene rings is 1. The largest absolute Gasteiger partial charge is 0.493 e. The van der Waals surface area contributed by atoms with Gasteiger partial charge in [0.2, 0.25) is 5.75 Å². The van der Waals surface area contributed by atoms with Gasteiger partial charge >= 0.3 is 0 Å². The van der Waals surface area contributed by atoms with Crippen molar-refractivity contribution in [1.82, 2.24) is 25.0 Å². The topological polar surface area (TPSA) is 108 Å². The average molecular weight is 408 g/mol. The van der Waals surface area contributed by atoms with E-state index in [0.717, 1.165) is 10.9 Å². The van der Waals surface area contributed by atoms with E-state index in [1.807, 2.05) is 6.92 Å². The van der Waals surface area contributed by atoms with Crippen LogP contribution in [-0.4, -0.2) is 46.3 Å². The van der Waals surface area contributed by atoms with E-state index in [2.05, 4.69) is 21.3 Å². The van der Waals surface area contributed by atoms with Crippen LogP contribution in [0.15, 0.2) is 24.5 Å². The van der Waals surface area contributed by atoms with Gasteiger partial charge in [0.25, 0.3) is 0 Å². The van der Waals surface area contributed by atoms with Crippen molar-refractivity contribution in [3.05, 3.63) is 35.0 Å². The van der Waals surface area contributed by atoms with Crippen LogP contribution in [-0.2, 0) is 0 Å². The van der Waals surface area contributed by atoms with Gasteiger partial charge in [-0.05, 0) is 24.6 Å². The number of thiophene rings is 1. The number of nitrogens with zero attached hydrogens (tertiary/aromatic N) is 6. The summed E-state index contributed by atoms with van der Waals surface area (Å²) in [6, 6.07) is 5.76. The van der Waals surface area contributed by atoms with E-state index in [1.54, 1.807) is 45.9 Å². The summed E-state index contributed by atoms with van der Waals surface area (Å²) in [7, 11) is 4.64. The number of methoxy groups -OCH3 is 3. The molecule has 0 N–H and O–H groups in total. The van der Waals surface area contributed by atoms with Crippen LogP contribution in [0.4, 0.5) is 0 Å². The second kappa shape index (κ2) is 7.37. The van der Waals surface area contributed by atoms with Crippen LogP contribution in [0.25, 0.3) is 27.4 Å². The number of nitriles is 1. The molecular formula is C19H16N6O3S. The Balaban J connectivity index is 2.02. The number of rotatable bonds is 5. The van der Waals surface area contributed by atoms with Gasteiger partial charge in [0.15, 0.2) is 23.1 Å². The van der Waals surface area contributed by atoms with Crippen LogP contribution >= 0.6 is 11.3 Å². The van der Waals surface area contributed by atoms with Crippen molar-refractivity contribution >= 4 is 21.6 Å². The highest BCUT2D eigenvalue weighted by Crippen LogP contribution is 2.41. The molecule has 0 radical (unpaired) electrons. The molecular weight excluding hydrogens is 392 g/mol. The molecule has 0 saturated carbocycles. The second-order valence-electron chi connectivity index (χ2n) is 5.95. The average Bonchev–Trinajstić information content (AvgIpc) is 3.40. The fraction of sp³-hybridized carbons (Fsp3) is 0.211. The molecule has 9 nitrogen and oxygen atoms in total. The Morgan fingerprint density at radius 3 is 2.21 bits per heavy atom. The summed E-state index contributed by atoms with van der Waals surface area (Å²) in [6.07, 6.45) is 3.14. The summed E-state index contributed by atoms with van der Waals surface area (Å²) < 4.78 is 16.3. The van der Waals surface area contributed by atoms with E-state index in [0.29, 0.717) is 44.2 Å². The molecule has 0 amide bonds. The minimum absolute atomic E-state index is 0.426. The Morgan fingerprint density at radius 2 is 1.66 bits per heavy atom. The van der Waals surface area contributed by atoms with Gasteiger partial charge in [-0.2, -0.15) is 15.5 Å². The van der Waals surface area contributed by atoms with E-state index in [1.165, 1.54) is 16.1 Å². The molecule has 0 fully saturated rings. The van der Waals surface area contributed by atoms with Gasteiger partial charge in [-0.3, -0.25) is 0 Å². The summed E-state index contributed by atoms with van der Waals surface area (Å²) in [4.78, 5) is 12.1. The Bertz CT molecular complexity index is 1220. The molecule has 10 heteroatoms. The molecule has 0 aliphatic rings. The van der Waals surface area contributed by atoms with Gasteiger partial charge in [0.05, 0.1) is 39.1 Å². The minimum atomic E-state index is 0.426. The molecule has 0 aliphatic heterocycles. The molecule has 146 valence electrons. The lowest BCUT2D eigenvalue weighted by Crippen LogP contribution is -2.05. The quantitative estimate of drug-likeness (QED) is 0.495. The molecule has 3 heterocycles. The van der Waals surface area contributed by atoms with Crippen LogP contribution in [0, 0.1) is 18.3 Å². The zero-order chi connectivity index (χ0) is 20.5. The van der Waals surface area contributed by atoms with Crippen molar-refractivity contribution in [2.24, 2.45) is 0 Å². The van der Waals surface area contributed by atoms with Gasteiger partial charge in [0, 0.05) is 5.56 Å². The van der Waals surface area contributed by atoms with Crippen molar-refractivity contribution in [3.8, 4) is 40.5 Å². The molecule has 4 aromatic rings. The van der Waals surface area contributed by atoms with Gasteiger partial charge in [-0.15, -0.1) is 16.1 Å². The molecule has 4 rings (SSSR count). The molecule has 0 bridgehead atoms. The van der Waals surface area contributed by atoms with Gasteiger partial charge in [0.1, 0.15) is 15.8 Å². The molecule has 0 saturated heterocycles. The van der Waals surface area contributed by atoms with Gasteiger partial charge in [-0.25, -0.2) is 9.97 Å². The minimum Gasteiger partial charge on any atom is -0.493 e. The van der Waals surface area contributed by atoms with E-state index >= 15 is 0 Å². The Labute approximate surface area is 170 Å². The van der Waals surface area contributed by atoms with Crippen LogP contribution < -0.4 is 14.2 Å². The highest BCUT2D eigenvalue weighted by molar-refractivity contribution is 7.19. The lowest BCUT2D eigenvalue weighted by Gasteiger charge is -2.14. The van der Waals surface area contributed by atoms with Crippen LogP contribution in [0.3, 0.4) is 0 Å². The summed E-state index contributed by atoms with van der Waals surface area (Å²) in [5.74, 6) is 2.38. The standard InChI is InChI=1S/C19H16N6O3S/c1-10-14(9-20)29-19-15(10)18(25-21-5-6-22-25)23-17(24-19)11-7-12(26-2)16(28-4)13(8-11)27-3/h5-8H,1-4H3. The van der Waals surface area contributed by atoms with E-state index in [9.17, 15) is 5.26 Å². The Morgan fingerprint density at radius 1 is 1.00 bits per heavy atom. The normalized spacial score (nSPS) is 10.7. The molecule has 1 aromatic carbocycles. The molecule has 0 aliphatic carbocycles. The smallest absolute Gasteiger partial charge is 0.203 e. The van der Waals surface area contributed by atoms with Crippen molar-refractivity contribution in [3.63, 3.8) is 0 Å². The maximum atomic E-state index is 9.45. The van der Waals surface area contributed by atoms with E-state index in [-0.39, 0.29) is 0 Å². The number of aryl methyl sites for hydroxylation is 1. The molecule has 29 heavy (non-hydrogen) atoms. The summed E-state index contributed by atoms with van der Waals surface area (Å²) in [5, 5.41) is 18.6. The lowest BCUT2D eigenvalue weighted by molar-refractivity contribution is 0.324. The first kappa shape index (κ1) is 18.6. The Hall–Kier alpha value is -3.71. The van der Waals surface area contributed by atoms with E-state index in [4.69, 9.17) is 19.2 Å². The Kier molecular flexibility index (Phi) is 4.74. The third-order valence-corrected chi connectivity index (χ3v) is 5.49. The maximum absolute atomic E-state index is 9.45. The molecule has 0 unspecified atom stereocenters.